The van der Waals surface area contributed by atoms with Gasteiger partial charge in [-0.2, -0.15) is 0 Å². The molecule has 4 nitrogen and oxygen atoms in total. The summed E-state index contributed by atoms with van der Waals surface area (Å²) in [6, 6.07) is 9.43. The molecule has 0 saturated carbocycles. The van der Waals surface area contributed by atoms with Crippen molar-refractivity contribution in [3.63, 3.8) is 0 Å². The Labute approximate surface area is 93.4 Å². The number of para-hydroxylation sites is 1. The minimum atomic E-state index is -0.384. The van der Waals surface area contributed by atoms with E-state index in [9.17, 15) is 5.11 Å². The van der Waals surface area contributed by atoms with E-state index in [1.54, 1.807) is 6.08 Å². The molecule has 2 aromatic rings. The number of aromatic nitrogens is 2. The van der Waals surface area contributed by atoms with Crippen LogP contribution in [-0.4, -0.2) is 5.27 Å². The molecule has 1 aromatic heterocycles. The van der Waals surface area contributed by atoms with E-state index in [0.717, 1.165) is 12.1 Å². The van der Waals surface area contributed by atoms with Crippen LogP contribution >= 0.6 is 0 Å². The van der Waals surface area contributed by atoms with Crippen molar-refractivity contribution in [2.24, 2.45) is 0 Å². The molecule has 82 valence electrons. The molecule has 0 radical (unpaired) electrons. The maximum atomic E-state index is 11.4. The van der Waals surface area contributed by atoms with Crippen molar-refractivity contribution >= 4 is 0 Å². The second kappa shape index (κ2) is 4.61. The molecule has 0 bridgehead atoms. The fraction of sp³-hybridized carbons (Fsp3) is 0.167. The van der Waals surface area contributed by atoms with Gasteiger partial charge >= 0.3 is 0 Å². The SMILES string of the molecule is C=CCCc1c([O-])on[n+]1-c1ccccc1. The van der Waals surface area contributed by atoms with Crippen LogP contribution in [0.1, 0.15) is 12.1 Å². The van der Waals surface area contributed by atoms with Crippen molar-refractivity contribution in [3.8, 4) is 11.6 Å². The van der Waals surface area contributed by atoms with E-state index in [1.807, 2.05) is 30.3 Å². The fourth-order valence-electron chi connectivity index (χ4n) is 1.49. The van der Waals surface area contributed by atoms with Crippen LogP contribution in [0.5, 0.6) is 5.95 Å². The molecular formula is C12H12N2O2. The van der Waals surface area contributed by atoms with Gasteiger partial charge in [0.15, 0.2) is 5.95 Å². The van der Waals surface area contributed by atoms with Crippen molar-refractivity contribution in [1.82, 2.24) is 5.27 Å². The molecule has 1 heterocycles. The van der Waals surface area contributed by atoms with Gasteiger partial charge in [0.05, 0.1) is 5.27 Å². The quantitative estimate of drug-likeness (QED) is 0.569. The van der Waals surface area contributed by atoms with E-state index >= 15 is 0 Å². The molecule has 0 unspecified atom stereocenters. The second-order valence-corrected chi connectivity index (χ2v) is 3.38. The summed E-state index contributed by atoms with van der Waals surface area (Å²) in [7, 11) is 0. The van der Waals surface area contributed by atoms with Gasteiger partial charge in [0.1, 0.15) is 0 Å². The van der Waals surface area contributed by atoms with Crippen LogP contribution in [0.3, 0.4) is 0 Å². The van der Waals surface area contributed by atoms with Crippen LogP contribution in [0.2, 0.25) is 0 Å². The molecule has 0 amide bonds. The Bertz CT molecular complexity index is 477. The van der Waals surface area contributed by atoms with Gasteiger partial charge in [-0.25, -0.2) is 0 Å². The molecule has 16 heavy (non-hydrogen) atoms. The van der Waals surface area contributed by atoms with E-state index in [2.05, 4.69) is 16.4 Å². The van der Waals surface area contributed by atoms with Gasteiger partial charge in [-0.3, -0.25) is 0 Å². The number of hydrogen-bond acceptors (Lipinski definition) is 3. The van der Waals surface area contributed by atoms with Gasteiger partial charge in [0, 0.05) is 18.6 Å². The first-order chi connectivity index (χ1) is 7.83. The highest BCUT2D eigenvalue weighted by atomic mass is 16.6. The summed E-state index contributed by atoms with van der Waals surface area (Å²) in [4.78, 5) is 0. The summed E-state index contributed by atoms with van der Waals surface area (Å²) < 4.78 is 6.20. The number of hydrogen-bond donors (Lipinski definition) is 0. The lowest BCUT2D eigenvalue weighted by atomic mass is 10.2. The average Bonchev–Trinajstić information content (AvgIpc) is 2.69. The Hall–Kier alpha value is -2.10. The van der Waals surface area contributed by atoms with Crippen molar-refractivity contribution < 1.29 is 14.3 Å². The zero-order valence-electron chi connectivity index (χ0n) is 8.80. The van der Waals surface area contributed by atoms with E-state index < -0.39 is 0 Å². The van der Waals surface area contributed by atoms with Gasteiger partial charge in [0.2, 0.25) is 11.4 Å². The first-order valence-corrected chi connectivity index (χ1v) is 5.07. The first-order valence-electron chi connectivity index (χ1n) is 5.07. The third kappa shape index (κ3) is 1.95. The minimum absolute atomic E-state index is 0.384. The molecule has 0 spiro atoms. The highest BCUT2D eigenvalue weighted by Crippen LogP contribution is 2.12. The highest BCUT2D eigenvalue weighted by Gasteiger charge is 2.18. The Morgan fingerprint density at radius 2 is 2.12 bits per heavy atom. The van der Waals surface area contributed by atoms with E-state index in [0.29, 0.717) is 12.1 Å². The average molecular weight is 216 g/mol. The zero-order valence-corrected chi connectivity index (χ0v) is 8.80. The third-order valence-corrected chi connectivity index (χ3v) is 2.28. The maximum Gasteiger partial charge on any atom is 0.240 e. The largest absolute Gasteiger partial charge is 0.539 e. The summed E-state index contributed by atoms with van der Waals surface area (Å²) >= 11 is 0. The van der Waals surface area contributed by atoms with Crippen LogP contribution in [0.4, 0.5) is 0 Å². The molecule has 0 atom stereocenters. The van der Waals surface area contributed by atoms with Crippen LogP contribution in [0, 0.1) is 0 Å². The molecule has 0 aliphatic heterocycles. The van der Waals surface area contributed by atoms with Gasteiger partial charge in [-0.15, -0.1) is 6.58 Å². The summed E-state index contributed by atoms with van der Waals surface area (Å²) in [6.07, 6.45) is 3.08. The minimum Gasteiger partial charge on any atom is -0.539 e. The van der Waals surface area contributed by atoms with Crippen LogP contribution in [-0.2, 0) is 6.42 Å². The Morgan fingerprint density at radius 1 is 1.38 bits per heavy atom. The number of rotatable bonds is 4. The van der Waals surface area contributed by atoms with Crippen molar-refractivity contribution in [2.75, 3.05) is 0 Å². The van der Waals surface area contributed by atoms with Crippen LogP contribution in [0.25, 0.3) is 5.69 Å². The summed E-state index contributed by atoms with van der Waals surface area (Å²) in [5.74, 6) is -0.384. The Kier molecular flexibility index (Phi) is 3.00. The van der Waals surface area contributed by atoms with Crippen LogP contribution < -0.4 is 9.79 Å². The van der Waals surface area contributed by atoms with E-state index in [4.69, 9.17) is 0 Å². The molecule has 0 saturated heterocycles. The lowest BCUT2D eigenvalue weighted by molar-refractivity contribution is -0.677. The summed E-state index contributed by atoms with van der Waals surface area (Å²) in [5.41, 5.74) is 1.37. The molecule has 0 aliphatic rings. The lowest BCUT2D eigenvalue weighted by Crippen LogP contribution is -2.36. The monoisotopic (exact) mass is 216 g/mol. The second-order valence-electron chi connectivity index (χ2n) is 3.38. The van der Waals surface area contributed by atoms with Gasteiger partial charge in [-0.05, 0) is 11.1 Å². The van der Waals surface area contributed by atoms with Gasteiger partial charge < -0.3 is 9.63 Å². The number of benzene rings is 1. The Morgan fingerprint density at radius 3 is 2.81 bits per heavy atom. The third-order valence-electron chi connectivity index (χ3n) is 2.28. The molecule has 1 aromatic carbocycles. The Balaban J connectivity index is 2.38. The van der Waals surface area contributed by atoms with Gasteiger partial charge in [-0.1, -0.05) is 24.3 Å². The fourth-order valence-corrected chi connectivity index (χ4v) is 1.49. The molecule has 2 rings (SSSR count). The molecular weight excluding hydrogens is 204 g/mol. The predicted molar refractivity (Wildman–Crippen MR) is 56.0 cm³/mol. The lowest BCUT2D eigenvalue weighted by Gasteiger charge is -1.95. The van der Waals surface area contributed by atoms with E-state index in [-0.39, 0.29) is 5.95 Å². The zero-order chi connectivity index (χ0) is 11.4. The highest BCUT2D eigenvalue weighted by molar-refractivity contribution is 5.22. The van der Waals surface area contributed by atoms with Crippen molar-refractivity contribution in [2.45, 2.75) is 12.8 Å². The van der Waals surface area contributed by atoms with Gasteiger partial charge in [0.25, 0.3) is 0 Å². The van der Waals surface area contributed by atoms with Crippen LogP contribution in [0.15, 0.2) is 47.5 Å². The van der Waals surface area contributed by atoms with E-state index in [1.165, 1.54) is 4.68 Å². The summed E-state index contributed by atoms with van der Waals surface area (Å²) in [5, 5.41) is 15.2. The number of nitrogens with zero attached hydrogens (tertiary/aromatic N) is 2. The summed E-state index contributed by atoms with van der Waals surface area (Å²) in [6.45, 7) is 3.63. The topological polar surface area (TPSA) is 53.0 Å². The predicted octanol–water partition coefficient (Wildman–Crippen LogP) is 1.14. The standard InChI is InChI=1S/C12H12N2O2/c1-2-3-9-11-12(15)16-13-14(11)10-7-5-4-6-8-10/h2,4-8H,1,3,9H2. The molecule has 0 N–H and O–H groups in total. The first kappa shape index (κ1) is 10.4. The number of allylic oxidation sites excluding steroid dienone is 1. The van der Waals surface area contributed by atoms with Crippen molar-refractivity contribution in [1.29, 1.82) is 0 Å². The molecule has 4 heteroatoms. The molecule has 0 aliphatic carbocycles. The molecule has 0 fully saturated rings. The van der Waals surface area contributed by atoms with Crippen molar-refractivity contribution in [3.05, 3.63) is 48.7 Å². The smallest absolute Gasteiger partial charge is 0.240 e. The maximum absolute atomic E-state index is 11.4. The normalized spacial score (nSPS) is 10.2.